The standard InChI is InChI=1S/C23H25F3N6O2/c1-14-12-33-20-10-27-22(30-21(20)31(14)2)29-16-6-7-18(19(9-16)34-23(24,25)26)32-11-17(28-13-32)8-15-4-3-5-15/h6-7,9-11,13-15H,3-5,8,12H2,1-2H3,(H,27,29,30). The van der Waals surface area contributed by atoms with Crippen LogP contribution >= 0.6 is 0 Å². The third kappa shape index (κ3) is 4.73. The maximum atomic E-state index is 13.2. The molecule has 1 unspecified atom stereocenters. The first-order chi connectivity index (χ1) is 16.2. The van der Waals surface area contributed by atoms with Gasteiger partial charge >= 0.3 is 6.36 Å². The summed E-state index contributed by atoms with van der Waals surface area (Å²) >= 11 is 0. The van der Waals surface area contributed by atoms with Gasteiger partial charge in [-0.05, 0) is 31.4 Å². The van der Waals surface area contributed by atoms with Crippen molar-refractivity contribution in [2.75, 3.05) is 23.9 Å². The van der Waals surface area contributed by atoms with Gasteiger partial charge in [0.15, 0.2) is 17.3 Å². The minimum atomic E-state index is -4.85. The summed E-state index contributed by atoms with van der Waals surface area (Å²) in [4.78, 5) is 15.0. The molecule has 34 heavy (non-hydrogen) atoms. The summed E-state index contributed by atoms with van der Waals surface area (Å²) in [6, 6.07) is 4.61. The first kappa shape index (κ1) is 22.3. The van der Waals surface area contributed by atoms with E-state index in [1.165, 1.54) is 31.7 Å². The number of aromatic nitrogens is 4. The number of nitrogens with zero attached hydrogens (tertiary/aromatic N) is 5. The van der Waals surface area contributed by atoms with Crippen molar-refractivity contribution in [1.29, 1.82) is 0 Å². The Labute approximate surface area is 194 Å². The topological polar surface area (TPSA) is 77.3 Å². The first-order valence-corrected chi connectivity index (χ1v) is 11.2. The predicted molar refractivity (Wildman–Crippen MR) is 120 cm³/mol. The smallest absolute Gasteiger partial charge is 0.486 e. The van der Waals surface area contributed by atoms with Crippen LogP contribution in [0.15, 0.2) is 36.9 Å². The number of likely N-dealkylation sites (N-methyl/N-ethyl adjacent to an activating group) is 1. The van der Waals surface area contributed by atoms with Crippen LogP contribution in [0.4, 0.5) is 30.6 Å². The molecule has 0 bridgehead atoms. The first-order valence-electron chi connectivity index (χ1n) is 11.2. The lowest BCUT2D eigenvalue weighted by molar-refractivity contribution is -0.274. The Balaban J connectivity index is 1.41. The lowest BCUT2D eigenvalue weighted by Gasteiger charge is -2.32. The van der Waals surface area contributed by atoms with Crippen LogP contribution in [0.1, 0.15) is 31.9 Å². The van der Waals surface area contributed by atoms with Gasteiger partial charge in [-0.15, -0.1) is 13.2 Å². The van der Waals surface area contributed by atoms with Gasteiger partial charge in [0.25, 0.3) is 0 Å². The molecule has 1 aliphatic carbocycles. The van der Waals surface area contributed by atoms with Crippen molar-refractivity contribution in [1.82, 2.24) is 19.5 Å². The Morgan fingerprint density at radius 2 is 2.06 bits per heavy atom. The zero-order chi connectivity index (χ0) is 23.9. The number of anilines is 3. The molecule has 1 atom stereocenters. The second kappa shape index (κ2) is 8.69. The summed E-state index contributed by atoms with van der Waals surface area (Å²) in [7, 11) is 1.90. The fraction of sp³-hybridized carbons (Fsp3) is 0.435. The molecule has 1 fully saturated rings. The molecule has 5 rings (SSSR count). The van der Waals surface area contributed by atoms with Gasteiger partial charge in [-0.1, -0.05) is 19.3 Å². The van der Waals surface area contributed by atoms with Gasteiger partial charge in [0.05, 0.1) is 29.9 Å². The van der Waals surface area contributed by atoms with E-state index in [4.69, 9.17) is 4.74 Å². The number of benzene rings is 1. The Morgan fingerprint density at radius 3 is 2.79 bits per heavy atom. The van der Waals surface area contributed by atoms with Crippen molar-refractivity contribution in [3.8, 4) is 17.2 Å². The lowest BCUT2D eigenvalue weighted by atomic mass is 9.82. The Morgan fingerprint density at radius 1 is 1.24 bits per heavy atom. The average Bonchev–Trinajstić information content (AvgIpc) is 3.21. The molecule has 0 spiro atoms. The third-order valence-electron chi connectivity index (χ3n) is 6.29. The van der Waals surface area contributed by atoms with Crippen molar-refractivity contribution in [2.24, 2.45) is 5.92 Å². The summed E-state index contributed by atoms with van der Waals surface area (Å²) in [6.07, 6.45) is 4.36. The van der Waals surface area contributed by atoms with Crippen molar-refractivity contribution in [2.45, 2.75) is 45.0 Å². The number of ether oxygens (including phenoxy) is 2. The van der Waals surface area contributed by atoms with Crippen LogP contribution < -0.4 is 19.7 Å². The minimum absolute atomic E-state index is 0.130. The molecule has 1 saturated carbocycles. The highest BCUT2D eigenvalue weighted by Crippen LogP contribution is 2.35. The molecule has 8 nitrogen and oxygen atoms in total. The number of hydrogen-bond acceptors (Lipinski definition) is 7. The maximum Gasteiger partial charge on any atom is 0.573 e. The van der Waals surface area contributed by atoms with Crippen LogP contribution in [0.2, 0.25) is 0 Å². The highest BCUT2D eigenvalue weighted by atomic mass is 19.4. The van der Waals surface area contributed by atoms with Crippen molar-refractivity contribution >= 4 is 17.5 Å². The summed E-state index contributed by atoms with van der Waals surface area (Å²) in [5.74, 6) is 1.65. The maximum absolute atomic E-state index is 13.2. The molecule has 1 aromatic carbocycles. The van der Waals surface area contributed by atoms with E-state index in [1.807, 2.05) is 18.9 Å². The SMILES string of the molecule is CC1COc2cnc(Nc3ccc(-n4cnc(CC5CCC5)c4)c(OC(F)(F)F)c3)nc2N1C. The molecular formula is C23H25F3N6O2. The van der Waals surface area contributed by atoms with Gasteiger partial charge in [-0.3, -0.25) is 0 Å². The van der Waals surface area contributed by atoms with Crippen LogP contribution in [0.25, 0.3) is 5.69 Å². The number of imidazole rings is 1. The van der Waals surface area contributed by atoms with E-state index >= 15 is 0 Å². The molecule has 1 aliphatic heterocycles. The zero-order valence-electron chi connectivity index (χ0n) is 18.8. The van der Waals surface area contributed by atoms with Crippen molar-refractivity contribution in [3.05, 3.63) is 42.6 Å². The van der Waals surface area contributed by atoms with Gasteiger partial charge in [0, 0.05) is 25.0 Å². The molecule has 2 aromatic heterocycles. The number of halogens is 3. The summed E-state index contributed by atoms with van der Waals surface area (Å²) in [6.45, 7) is 2.53. The van der Waals surface area contributed by atoms with E-state index in [0.29, 0.717) is 29.8 Å². The molecule has 1 N–H and O–H groups in total. The van der Waals surface area contributed by atoms with Crippen LogP contribution in [-0.4, -0.2) is 45.6 Å². The molecule has 0 radical (unpaired) electrons. The Bertz CT molecular complexity index is 1180. The van der Waals surface area contributed by atoms with Gasteiger partial charge in [0.1, 0.15) is 6.61 Å². The highest BCUT2D eigenvalue weighted by Gasteiger charge is 2.33. The number of alkyl halides is 3. The fourth-order valence-electron chi connectivity index (χ4n) is 4.04. The molecule has 180 valence electrons. The number of fused-ring (bicyclic) bond motifs is 1. The summed E-state index contributed by atoms with van der Waals surface area (Å²) in [5.41, 5.74) is 1.45. The zero-order valence-corrected chi connectivity index (χ0v) is 18.8. The normalized spacial score (nSPS) is 18.1. The summed E-state index contributed by atoms with van der Waals surface area (Å²) < 4.78 is 51.1. The van der Waals surface area contributed by atoms with Gasteiger partial charge < -0.3 is 24.3 Å². The third-order valence-corrected chi connectivity index (χ3v) is 6.29. The van der Waals surface area contributed by atoms with Gasteiger partial charge in [0.2, 0.25) is 5.95 Å². The molecule has 3 heterocycles. The molecule has 0 amide bonds. The molecule has 3 aromatic rings. The minimum Gasteiger partial charge on any atom is -0.486 e. The van der Waals surface area contributed by atoms with E-state index in [9.17, 15) is 13.2 Å². The number of hydrogen-bond donors (Lipinski definition) is 1. The average molecular weight is 474 g/mol. The van der Waals surface area contributed by atoms with E-state index in [0.717, 1.165) is 12.1 Å². The second-order valence-electron chi connectivity index (χ2n) is 8.78. The van der Waals surface area contributed by atoms with Crippen LogP contribution in [0, 0.1) is 5.92 Å². The van der Waals surface area contributed by atoms with Crippen molar-refractivity contribution in [3.63, 3.8) is 0 Å². The monoisotopic (exact) mass is 474 g/mol. The van der Waals surface area contributed by atoms with Gasteiger partial charge in [-0.2, -0.15) is 4.98 Å². The van der Waals surface area contributed by atoms with E-state index < -0.39 is 6.36 Å². The van der Waals surface area contributed by atoms with E-state index in [1.54, 1.807) is 29.1 Å². The molecular weight excluding hydrogens is 449 g/mol. The Kier molecular flexibility index (Phi) is 5.70. The fourth-order valence-corrected chi connectivity index (χ4v) is 4.04. The molecule has 11 heteroatoms. The molecule has 2 aliphatic rings. The quantitative estimate of drug-likeness (QED) is 0.547. The molecule has 0 saturated heterocycles. The van der Waals surface area contributed by atoms with E-state index in [-0.39, 0.29) is 23.4 Å². The largest absolute Gasteiger partial charge is 0.573 e. The Hall–Kier alpha value is -3.50. The number of nitrogens with one attached hydrogen (secondary N) is 1. The number of rotatable bonds is 6. The van der Waals surface area contributed by atoms with Crippen molar-refractivity contribution < 1.29 is 22.6 Å². The second-order valence-corrected chi connectivity index (χ2v) is 8.78. The van der Waals surface area contributed by atoms with E-state index in [2.05, 4.69) is 25.0 Å². The summed E-state index contributed by atoms with van der Waals surface area (Å²) in [5, 5.41) is 2.96. The van der Waals surface area contributed by atoms with Crippen LogP contribution in [0.3, 0.4) is 0 Å². The highest BCUT2D eigenvalue weighted by molar-refractivity contribution is 5.64. The van der Waals surface area contributed by atoms with Crippen LogP contribution in [0.5, 0.6) is 11.5 Å². The predicted octanol–water partition coefficient (Wildman–Crippen LogP) is 4.86. The lowest BCUT2D eigenvalue weighted by Crippen LogP contribution is -2.38. The van der Waals surface area contributed by atoms with Crippen LogP contribution in [-0.2, 0) is 6.42 Å². The van der Waals surface area contributed by atoms with Gasteiger partial charge in [-0.25, -0.2) is 9.97 Å².